The van der Waals surface area contributed by atoms with Crippen molar-refractivity contribution >= 4 is 5.95 Å². The monoisotopic (exact) mass is 210 g/mol. The zero-order chi connectivity index (χ0) is 10.5. The van der Waals surface area contributed by atoms with Crippen LogP contribution in [-0.4, -0.2) is 27.5 Å². The predicted molar refractivity (Wildman–Crippen MR) is 57.3 cm³/mol. The molecule has 1 aliphatic carbocycles. The Morgan fingerprint density at radius 1 is 1.40 bits per heavy atom. The molecule has 0 spiro atoms. The molecule has 5 heteroatoms. The number of hydrogen-bond acceptors (Lipinski definition) is 4. The zero-order valence-corrected chi connectivity index (χ0v) is 8.93. The number of hydrogen-bond donors (Lipinski definition) is 1. The van der Waals surface area contributed by atoms with Crippen LogP contribution in [0.3, 0.4) is 0 Å². The molecule has 0 aromatic carbocycles. The van der Waals surface area contributed by atoms with Crippen LogP contribution in [0.15, 0.2) is 6.33 Å². The smallest absolute Gasteiger partial charge is 0.239 e. The molecule has 0 saturated heterocycles. The van der Waals surface area contributed by atoms with Crippen LogP contribution < -0.4 is 5.73 Å². The molecular weight excluding hydrogens is 192 g/mol. The second-order valence-corrected chi connectivity index (χ2v) is 4.00. The van der Waals surface area contributed by atoms with Crippen LogP contribution in [0, 0.1) is 0 Å². The van der Waals surface area contributed by atoms with Gasteiger partial charge in [-0.25, -0.2) is 9.67 Å². The third-order valence-electron chi connectivity index (χ3n) is 2.78. The van der Waals surface area contributed by atoms with Crippen LogP contribution >= 0.6 is 0 Å². The highest BCUT2D eigenvalue weighted by Crippen LogP contribution is 2.19. The van der Waals surface area contributed by atoms with Gasteiger partial charge in [-0.1, -0.05) is 19.3 Å². The van der Waals surface area contributed by atoms with E-state index in [1.807, 2.05) is 0 Å². The normalized spacial score (nSPS) is 18.1. The van der Waals surface area contributed by atoms with Gasteiger partial charge in [0.25, 0.3) is 0 Å². The molecule has 0 unspecified atom stereocenters. The Morgan fingerprint density at radius 3 is 2.87 bits per heavy atom. The van der Waals surface area contributed by atoms with Crippen LogP contribution in [0.4, 0.5) is 5.95 Å². The van der Waals surface area contributed by atoms with Gasteiger partial charge >= 0.3 is 0 Å². The van der Waals surface area contributed by atoms with Crippen molar-refractivity contribution in [3.8, 4) is 0 Å². The molecule has 1 heterocycles. The minimum absolute atomic E-state index is 0.327. The lowest BCUT2D eigenvalue weighted by molar-refractivity contribution is 0.0229. The van der Waals surface area contributed by atoms with Gasteiger partial charge in [0.05, 0.1) is 19.3 Å². The van der Waals surface area contributed by atoms with E-state index in [4.69, 9.17) is 10.5 Å². The topological polar surface area (TPSA) is 66.0 Å². The van der Waals surface area contributed by atoms with E-state index >= 15 is 0 Å². The summed E-state index contributed by atoms with van der Waals surface area (Å²) in [6.07, 6.45) is 8.49. The molecule has 1 saturated carbocycles. The van der Waals surface area contributed by atoms with Gasteiger partial charge in [0, 0.05) is 0 Å². The average Bonchev–Trinajstić information content (AvgIpc) is 2.66. The molecule has 2 rings (SSSR count). The Hall–Kier alpha value is -1.10. The molecule has 1 aromatic heterocycles. The van der Waals surface area contributed by atoms with Crippen LogP contribution in [0.2, 0.25) is 0 Å². The van der Waals surface area contributed by atoms with Gasteiger partial charge in [-0.2, -0.15) is 0 Å². The Morgan fingerprint density at radius 2 is 2.20 bits per heavy atom. The molecular formula is C10H18N4O. The van der Waals surface area contributed by atoms with Gasteiger partial charge in [-0.05, 0) is 12.8 Å². The summed E-state index contributed by atoms with van der Waals surface area (Å²) in [6, 6.07) is 0. The maximum atomic E-state index is 5.77. The van der Waals surface area contributed by atoms with Gasteiger partial charge in [-0.3, -0.25) is 0 Å². The van der Waals surface area contributed by atoms with Crippen molar-refractivity contribution in [3.63, 3.8) is 0 Å². The number of rotatable bonds is 4. The minimum Gasteiger partial charge on any atom is -0.376 e. The number of nitrogen functional groups attached to an aromatic ring is 1. The summed E-state index contributed by atoms with van der Waals surface area (Å²) < 4.78 is 7.49. The highest BCUT2D eigenvalue weighted by atomic mass is 16.5. The third kappa shape index (κ3) is 3.20. The minimum atomic E-state index is 0.327. The fraction of sp³-hybridized carbons (Fsp3) is 0.800. The molecule has 2 N–H and O–H groups in total. The lowest BCUT2D eigenvalue weighted by Crippen LogP contribution is -2.19. The maximum absolute atomic E-state index is 5.77. The molecule has 15 heavy (non-hydrogen) atoms. The Kier molecular flexibility index (Phi) is 3.55. The lowest BCUT2D eigenvalue weighted by Gasteiger charge is -2.21. The van der Waals surface area contributed by atoms with Crippen molar-refractivity contribution < 1.29 is 4.74 Å². The Bertz CT molecular complexity index is 293. The van der Waals surface area contributed by atoms with E-state index in [-0.39, 0.29) is 0 Å². The maximum Gasteiger partial charge on any atom is 0.239 e. The largest absolute Gasteiger partial charge is 0.376 e. The van der Waals surface area contributed by atoms with E-state index in [2.05, 4.69) is 10.1 Å². The average molecular weight is 210 g/mol. The van der Waals surface area contributed by atoms with Crippen molar-refractivity contribution in [2.45, 2.75) is 44.8 Å². The fourth-order valence-corrected chi connectivity index (χ4v) is 1.96. The van der Waals surface area contributed by atoms with E-state index < -0.39 is 0 Å². The van der Waals surface area contributed by atoms with E-state index in [0.29, 0.717) is 18.7 Å². The van der Waals surface area contributed by atoms with Crippen molar-refractivity contribution in [2.24, 2.45) is 0 Å². The quantitative estimate of drug-likeness (QED) is 0.811. The van der Waals surface area contributed by atoms with E-state index in [9.17, 15) is 0 Å². The SMILES string of the molecule is Nc1ncn(CCOC2CCCCC2)n1. The molecule has 0 amide bonds. The summed E-state index contributed by atoms with van der Waals surface area (Å²) in [5.41, 5.74) is 5.41. The number of nitrogens with two attached hydrogens (primary N) is 1. The van der Waals surface area contributed by atoms with Crippen LogP contribution in [-0.2, 0) is 11.3 Å². The van der Waals surface area contributed by atoms with E-state index in [1.54, 1.807) is 11.0 Å². The molecule has 0 aliphatic heterocycles. The van der Waals surface area contributed by atoms with Crippen molar-refractivity contribution in [3.05, 3.63) is 6.33 Å². The predicted octanol–water partition coefficient (Wildman–Crippen LogP) is 1.21. The van der Waals surface area contributed by atoms with Crippen LogP contribution in [0.5, 0.6) is 0 Å². The third-order valence-corrected chi connectivity index (χ3v) is 2.78. The first-order valence-electron chi connectivity index (χ1n) is 5.61. The first-order valence-corrected chi connectivity index (χ1v) is 5.61. The van der Waals surface area contributed by atoms with Crippen LogP contribution in [0.1, 0.15) is 32.1 Å². The molecule has 0 radical (unpaired) electrons. The number of aromatic nitrogens is 3. The summed E-state index contributed by atoms with van der Waals surface area (Å²) in [7, 11) is 0. The number of anilines is 1. The summed E-state index contributed by atoms with van der Waals surface area (Å²) in [5, 5.41) is 4.00. The van der Waals surface area contributed by atoms with E-state index in [0.717, 1.165) is 6.54 Å². The standard InChI is InChI=1S/C10H18N4O/c11-10-12-8-14(13-10)6-7-15-9-4-2-1-3-5-9/h8-9H,1-7H2,(H2,11,13). The van der Waals surface area contributed by atoms with Crippen molar-refractivity contribution in [2.75, 3.05) is 12.3 Å². The highest BCUT2D eigenvalue weighted by molar-refractivity contribution is 5.09. The van der Waals surface area contributed by atoms with Gasteiger partial charge in [0.2, 0.25) is 5.95 Å². The highest BCUT2D eigenvalue weighted by Gasteiger charge is 2.13. The first-order chi connectivity index (χ1) is 7.34. The van der Waals surface area contributed by atoms with Gasteiger partial charge in [0.15, 0.2) is 0 Å². The summed E-state index contributed by atoms with van der Waals surface area (Å²) in [5.74, 6) is 0.327. The second-order valence-electron chi connectivity index (χ2n) is 4.00. The molecule has 0 atom stereocenters. The van der Waals surface area contributed by atoms with Gasteiger partial charge < -0.3 is 10.5 Å². The fourth-order valence-electron chi connectivity index (χ4n) is 1.96. The molecule has 1 aromatic rings. The Balaban J connectivity index is 1.65. The molecule has 5 nitrogen and oxygen atoms in total. The second kappa shape index (κ2) is 5.11. The summed E-state index contributed by atoms with van der Waals surface area (Å²) >= 11 is 0. The molecule has 1 aliphatic rings. The number of nitrogens with zero attached hydrogens (tertiary/aromatic N) is 3. The molecule has 0 bridgehead atoms. The lowest BCUT2D eigenvalue weighted by atomic mass is 9.98. The number of ether oxygens (including phenoxy) is 1. The van der Waals surface area contributed by atoms with Crippen molar-refractivity contribution in [1.29, 1.82) is 0 Å². The zero-order valence-electron chi connectivity index (χ0n) is 8.93. The van der Waals surface area contributed by atoms with Crippen molar-refractivity contribution in [1.82, 2.24) is 14.8 Å². The molecule has 1 fully saturated rings. The summed E-state index contributed by atoms with van der Waals surface area (Å²) in [6.45, 7) is 1.44. The van der Waals surface area contributed by atoms with Gasteiger partial charge in [0.1, 0.15) is 6.33 Å². The van der Waals surface area contributed by atoms with E-state index in [1.165, 1.54) is 32.1 Å². The van der Waals surface area contributed by atoms with Crippen LogP contribution in [0.25, 0.3) is 0 Å². The first kappa shape index (κ1) is 10.4. The van der Waals surface area contributed by atoms with Gasteiger partial charge in [-0.15, -0.1) is 5.10 Å². The Labute approximate surface area is 89.6 Å². The molecule has 84 valence electrons. The summed E-state index contributed by atoms with van der Waals surface area (Å²) in [4.78, 5) is 3.86.